The fraction of sp³-hybridized carbons (Fsp3) is 0.0714. The van der Waals surface area contributed by atoms with Crippen molar-refractivity contribution in [3.05, 3.63) is 58.9 Å². The summed E-state index contributed by atoms with van der Waals surface area (Å²) in [4.78, 5) is 11.8. The molecule has 0 saturated carbocycles. The Balaban J connectivity index is 2.05. The van der Waals surface area contributed by atoms with Crippen molar-refractivity contribution in [3.63, 3.8) is 0 Å². The van der Waals surface area contributed by atoms with E-state index in [2.05, 4.69) is 5.32 Å². The first-order valence-corrected chi connectivity index (χ1v) is 5.95. The smallest absolute Gasteiger partial charge is 0.228 e. The first-order chi connectivity index (χ1) is 9.04. The number of rotatable bonds is 3. The second-order valence-corrected chi connectivity index (χ2v) is 4.45. The minimum Gasteiger partial charge on any atom is -0.506 e. The van der Waals surface area contributed by atoms with Gasteiger partial charge in [-0.15, -0.1) is 0 Å². The minimum atomic E-state index is -0.350. The van der Waals surface area contributed by atoms with Crippen LogP contribution in [0.4, 0.5) is 10.1 Å². The van der Waals surface area contributed by atoms with Crippen LogP contribution in [0.25, 0.3) is 0 Å². The summed E-state index contributed by atoms with van der Waals surface area (Å²) in [6.07, 6.45) is 0.0895. The van der Waals surface area contributed by atoms with Gasteiger partial charge in [0.1, 0.15) is 11.6 Å². The van der Waals surface area contributed by atoms with E-state index in [9.17, 15) is 14.3 Å². The number of aromatic hydroxyl groups is 1. The lowest BCUT2D eigenvalue weighted by Gasteiger charge is -2.07. The zero-order valence-electron chi connectivity index (χ0n) is 9.86. The predicted octanol–water partition coefficient (Wildman–Crippen LogP) is 3.37. The topological polar surface area (TPSA) is 49.3 Å². The Hall–Kier alpha value is -2.07. The van der Waals surface area contributed by atoms with Gasteiger partial charge in [0.25, 0.3) is 0 Å². The molecule has 2 aromatic rings. The summed E-state index contributed by atoms with van der Waals surface area (Å²) in [7, 11) is 0. The largest absolute Gasteiger partial charge is 0.506 e. The fourth-order valence-corrected chi connectivity index (χ4v) is 1.76. The van der Waals surface area contributed by atoms with E-state index >= 15 is 0 Å². The highest BCUT2D eigenvalue weighted by Crippen LogP contribution is 2.26. The molecule has 5 heteroatoms. The van der Waals surface area contributed by atoms with Crippen LogP contribution < -0.4 is 5.32 Å². The van der Waals surface area contributed by atoms with Crippen molar-refractivity contribution < 1.29 is 14.3 Å². The normalized spacial score (nSPS) is 10.2. The van der Waals surface area contributed by atoms with Crippen LogP contribution in [0, 0.1) is 5.82 Å². The van der Waals surface area contributed by atoms with E-state index < -0.39 is 0 Å². The number of benzene rings is 2. The quantitative estimate of drug-likeness (QED) is 0.847. The third-order valence-electron chi connectivity index (χ3n) is 2.51. The van der Waals surface area contributed by atoms with Crippen LogP contribution in [0.3, 0.4) is 0 Å². The predicted molar refractivity (Wildman–Crippen MR) is 71.9 cm³/mol. The molecule has 2 aromatic carbocycles. The van der Waals surface area contributed by atoms with Crippen LogP contribution in [0.2, 0.25) is 5.02 Å². The van der Waals surface area contributed by atoms with Gasteiger partial charge >= 0.3 is 0 Å². The van der Waals surface area contributed by atoms with Crippen LogP contribution in [0.1, 0.15) is 5.56 Å². The maximum absolute atomic E-state index is 12.7. The number of carbonyl (C=O) groups excluding carboxylic acids is 1. The fourth-order valence-electron chi connectivity index (χ4n) is 1.59. The van der Waals surface area contributed by atoms with Gasteiger partial charge in [0, 0.05) is 5.02 Å². The number of nitrogens with one attached hydrogen (secondary N) is 1. The average Bonchev–Trinajstić information content (AvgIpc) is 2.37. The molecule has 0 bridgehead atoms. The molecule has 0 radical (unpaired) electrons. The van der Waals surface area contributed by atoms with Gasteiger partial charge in [-0.05, 0) is 35.9 Å². The lowest BCUT2D eigenvalue weighted by atomic mass is 10.1. The van der Waals surface area contributed by atoms with Gasteiger partial charge in [0.05, 0.1) is 12.1 Å². The molecule has 0 saturated heterocycles. The van der Waals surface area contributed by atoms with Crippen LogP contribution in [0.5, 0.6) is 5.75 Å². The van der Waals surface area contributed by atoms with Crippen molar-refractivity contribution in [3.8, 4) is 5.75 Å². The third kappa shape index (κ3) is 3.69. The van der Waals surface area contributed by atoms with E-state index in [4.69, 9.17) is 11.6 Å². The van der Waals surface area contributed by atoms with Crippen molar-refractivity contribution in [2.24, 2.45) is 0 Å². The molecule has 1 amide bonds. The van der Waals surface area contributed by atoms with Crippen molar-refractivity contribution in [1.82, 2.24) is 0 Å². The van der Waals surface area contributed by atoms with Gasteiger partial charge < -0.3 is 10.4 Å². The molecule has 2 rings (SSSR count). The second-order valence-electron chi connectivity index (χ2n) is 4.01. The monoisotopic (exact) mass is 279 g/mol. The molecule has 0 aromatic heterocycles. The molecule has 0 unspecified atom stereocenters. The molecule has 0 heterocycles. The van der Waals surface area contributed by atoms with E-state index in [1.54, 1.807) is 0 Å². The molecule has 3 nitrogen and oxygen atoms in total. The number of phenols is 1. The lowest BCUT2D eigenvalue weighted by Crippen LogP contribution is -2.14. The number of anilines is 1. The van der Waals surface area contributed by atoms with Crippen molar-refractivity contribution >= 4 is 23.2 Å². The molecule has 98 valence electrons. The first kappa shape index (κ1) is 13.4. The number of carbonyl (C=O) groups is 1. The summed E-state index contributed by atoms with van der Waals surface area (Å²) in [6.45, 7) is 0. The van der Waals surface area contributed by atoms with E-state index in [0.717, 1.165) is 0 Å². The Morgan fingerprint density at radius 2 is 1.89 bits per heavy atom. The molecule has 19 heavy (non-hydrogen) atoms. The van der Waals surface area contributed by atoms with Gasteiger partial charge in [0.2, 0.25) is 5.91 Å². The summed E-state index contributed by atoms with van der Waals surface area (Å²) in [5, 5.41) is 12.5. The van der Waals surface area contributed by atoms with E-state index in [0.29, 0.717) is 10.6 Å². The maximum Gasteiger partial charge on any atom is 0.228 e. The van der Waals surface area contributed by atoms with E-state index in [1.165, 1.54) is 42.5 Å². The molecule has 0 aliphatic carbocycles. The summed E-state index contributed by atoms with van der Waals surface area (Å²) >= 11 is 5.77. The Bertz CT molecular complexity index is 599. The SMILES string of the molecule is O=C(Cc1ccc(F)cc1)Nc1cc(Cl)ccc1O. The van der Waals surface area contributed by atoms with Crippen LogP contribution in [-0.2, 0) is 11.2 Å². The molecule has 2 N–H and O–H groups in total. The molecule has 0 spiro atoms. The second kappa shape index (κ2) is 5.71. The number of amides is 1. The highest BCUT2D eigenvalue weighted by Gasteiger charge is 2.08. The Kier molecular flexibility index (Phi) is 4.02. The van der Waals surface area contributed by atoms with Gasteiger partial charge in [-0.25, -0.2) is 4.39 Å². The summed E-state index contributed by atoms with van der Waals surface area (Å²) in [6, 6.07) is 10.0. The molecular weight excluding hydrogens is 269 g/mol. The Morgan fingerprint density at radius 3 is 2.58 bits per heavy atom. The standard InChI is InChI=1S/C14H11ClFNO2/c15-10-3-6-13(18)12(8-10)17-14(19)7-9-1-4-11(16)5-2-9/h1-6,8,18H,7H2,(H,17,19). The van der Waals surface area contributed by atoms with Crippen LogP contribution in [-0.4, -0.2) is 11.0 Å². The van der Waals surface area contributed by atoms with Crippen LogP contribution >= 0.6 is 11.6 Å². The van der Waals surface area contributed by atoms with Crippen molar-refractivity contribution in [2.45, 2.75) is 6.42 Å². The highest BCUT2D eigenvalue weighted by molar-refractivity contribution is 6.31. The summed E-state index contributed by atoms with van der Waals surface area (Å²) < 4.78 is 12.7. The summed E-state index contributed by atoms with van der Waals surface area (Å²) in [5.41, 5.74) is 0.931. The minimum absolute atomic E-state index is 0.0585. The zero-order valence-corrected chi connectivity index (χ0v) is 10.6. The van der Waals surface area contributed by atoms with Crippen molar-refractivity contribution in [2.75, 3.05) is 5.32 Å². The number of phenolic OH excluding ortho intramolecular Hbond substituents is 1. The van der Waals surface area contributed by atoms with Gasteiger partial charge in [-0.3, -0.25) is 4.79 Å². The Labute approximate surface area is 114 Å². The third-order valence-corrected chi connectivity index (χ3v) is 2.75. The highest BCUT2D eigenvalue weighted by atomic mass is 35.5. The van der Waals surface area contributed by atoms with E-state index in [-0.39, 0.29) is 29.6 Å². The molecule has 0 aliphatic heterocycles. The van der Waals surface area contributed by atoms with Crippen LogP contribution in [0.15, 0.2) is 42.5 Å². The molecule has 0 aliphatic rings. The average molecular weight is 280 g/mol. The molecular formula is C14H11ClFNO2. The summed E-state index contributed by atoms with van der Waals surface area (Å²) in [5.74, 6) is -0.724. The van der Waals surface area contributed by atoms with Gasteiger partial charge in [0.15, 0.2) is 0 Å². The van der Waals surface area contributed by atoms with Gasteiger partial charge in [-0.1, -0.05) is 23.7 Å². The number of hydrogen-bond donors (Lipinski definition) is 2. The van der Waals surface area contributed by atoms with Gasteiger partial charge in [-0.2, -0.15) is 0 Å². The lowest BCUT2D eigenvalue weighted by molar-refractivity contribution is -0.115. The zero-order chi connectivity index (χ0) is 13.8. The van der Waals surface area contributed by atoms with Crippen molar-refractivity contribution in [1.29, 1.82) is 0 Å². The molecule has 0 atom stereocenters. The number of hydrogen-bond acceptors (Lipinski definition) is 2. The maximum atomic E-state index is 12.7. The Morgan fingerprint density at radius 1 is 1.21 bits per heavy atom. The molecule has 0 fully saturated rings. The first-order valence-electron chi connectivity index (χ1n) is 5.57. The van der Waals surface area contributed by atoms with E-state index in [1.807, 2.05) is 0 Å². The number of halogens is 2.